The second-order valence-corrected chi connectivity index (χ2v) is 8.95. The van der Waals surface area contributed by atoms with Crippen LogP contribution >= 0.6 is 23.1 Å². The Morgan fingerprint density at radius 2 is 1.77 bits per heavy atom. The van der Waals surface area contributed by atoms with Crippen LogP contribution in [0.5, 0.6) is 0 Å². The maximum atomic E-state index is 12.8. The van der Waals surface area contributed by atoms with Gasteiger partial charge in [-0.2, -0.15) is 5.01 Å². The molecule has 1 aliphatic rings. The van der Waals surface area contributed by atoms with Crippen LogP contribution in [0.4, 0.5) is 15.6 Å². The van der Waals surface area contributed by atoms with Gasteiger partial charge in [-0.1, -0.05) is 71.6 Å². The molecule has 3 N–H and O–H groups in total. The lowest BCUT2D eigenvalue weighted by Crippen LogP contribution is -2.48. The van der Waals surface area contributed by atoms with Crippen molar-refractivity contribution in [2.75, 3.05) is 11.1 Å². The number of benzene rings is 2. The average molecular weight is 455 g/mol. The number of urea groups is 1. The highest BCUT2D eigenvalue weighted by molar-refractivity contribution is 8.01. The van der Waals surface area contributed by atoms with Gasteiger partial charge >= 0.3 is 6.03 Å². The molecule has 11 heteroatoms. The fourth-order valence-corrected chi connectivity index (χ4v) is 4.52. The number of aromatic nitrogens is 2. The summed E-state index contributed by atoms with van der Waals surface area (Å²) in [6, 6.07) is 17.7. The molecule has 9 nitrogen and oxygen atoms in total. The van der Waals surface area contributed by atoms with Gasteiger partial charge in [0.1, 0.15) is 5.54 Å². The third-order valence-corrected chi connectivity index (χ3v) is 6.51. The minimum absolute atomic E-state index is 0.0287. The van der Waals surface area contributed by atoms with Gasteiger partial charge in [0.05, 0.1) is 5.75 Å². The number of hydrogen-bond donors (Lipinski definition) is 3. The Morgan fingerprint density at radius 3 is 2.48 bits per heavy atom. The predicted octanol–water partition coefficient (Wildman–Crippen LogP) is 2.87. The summed E-state index contributed by atoms with van der Waals surface area (Å²) in [4.78, 5) is 37.5. The Bertz CT molecular complexity index is 1110. The lowest BCUT2D eigenvalue weighted by atomic mass is 9.92. The number of nitrogens with zero attached hydrogens (tertiary/aromatic N) is 3. The summed E-state index contributed by atoms with van der Waals surface area (Å²) in [5.74, 6) is -1.08. The summed E-state index contributed by atoms with van der Waals surface area (Å²) in [6.45, 7) is 1.60. The molecule has 4 rings (SSSR count). The second-order valence-electron chi connectivity index (χ2n) is 6.75. The Morgan fingerprint density at radius 1 is 1.10 bits per heavy atom. The maximum Gasteiger partial charge on any atom is 0.344 e. The van der Waals surface area contributed by atoms with Crippen molar-refractivity contribution in [2.45, 2.75) is 16.8 Å². The van der Waals surface area contributed by atoms with Gasteiger partial charge < -0.3 is 10.6 Å². The number of nitrogens with one attached hydrogen (secondary N) is 3. The van der Waals surface area contributed by atoms with Crippen LogP contribution in [0.1, 0.15) is 12.5 Å². The van der Waals surface area contributed by atoms with Crippen molar-refractivity contribution in [2.24, 2.45) is 0 Å². The second kappa shape index (κ2) is 8.74. The summed E-state index contributed by atoms with van der Waals surface area (Å²) < 4.78 is 0.583. The van der Waals surface area contributed by atoms with E-state index in [1.807, 2.05) is 36.4 Å². The molecule has 0 saturated carbocycles. The van der Waals surface area contributed by atoms with Crippen LogP contribution in [-0.2, 0) is 15.1 Å². The smallest absolute Gasteiger partial charge is 0.330 e. The number of rotatable bonds is 7. The number of hydrazine groups is 1. The van der Waals surface area contributed by atoms with Gasteiger partial charge in [-0.05, 0) is 24.6 Å². The third-order valence-electron chi connectivity index (χ3n) is 4.54. The van der Waals surface area contributed by atoms with Crippen molar-refractivity contribution in [3.63, 3.8) is 0 Å². The lowest BCUT2D eigenvalue weighted by molar-refractivity contribution is -0.138. The predicted molar refractivity (Wildman–Crippen MR) is 118 cm³/mol. The number of carbonyl (C=O) groups excluding carboxylic acids is 3. The van der Waals surface area contributed by atoms with Crippen LogP contribution in [0, 0.1) is 0 Å². The molecule has 0 bridgehead atoms. The Kier molecular flexibility index (Phi) is 5.87. The van der Waals surface area contributed by atoms with Crippen LogP contribution in [0.2, 0.25) is 0 Å². The number of para-hydroxylation sites is 1. The SMILES string of the molecule is C[C@@]1(c2ccccc2)NC(=O)N(NC(=O)CSc2nnc(Nc3ccccc3)s2)C1=O. The molecule has 3 aromatic rings. The molecule has 0 aliphatic carbocycles. The first-order valence-corrected chi connectivity index (χ1v) is 11.1. The molecular weight excluding hydrogens is 436 g/mol. The van der Waals surface area contributed by atoms with Crippen LogP contribution < -0.4 is 16.1 Å². The first kappa shape index (κ1) is 20.8. The largest absolute Gasteiger partial charge is 0.344 e. The van der Waals surface area contributed by atoms with E-state index in [-0.39, 0.29) is 5.75 Å². The van der Waals surface area contributed by atoms with E-state index in [0.29, 0.717) is 15.0 Å². The number of thioether (sulfide) groups is 1. The lowest BCUT2D eigenvalue weighted by Gasteiger charge is -2.22. The Balaban J connectivity index is 1.33. The molecule has 1 aromatic heterocycles. The normalized spacial score (nSPS) is 18.0. The van der Waals surface area contributed by atoms with E-state index in [1.165, 1.54) is 23.1 Å². The highest BCUT2D eigenvalue weighted by Gasteiger charge is 2.49. The number of amides is 4. The molecule has 2 aromatic carbocycles. The average Bonchev–Trinajstić information content (AvgIpc) is 3.32. The summed E-state index contributed by atoms with van der Waals surface area (Å²) in [7, 11) is 0. The molecule has 0 unspecified atom stereocenters. The molecule has 2 heterocycles. The number of imide groups is 1. The van der Waals surface area contributed by atoms with E-state index in [0.717, 1.165) is 10.7 Å². The van der Waals surface area contributed by atoms with Crippen molar-refractivity contribution in [1.29, 1.82) is 0 Å². The van der Waals surface area contributed by atoms with Crippen molar-refractivity contribution in [3.8, 4) is 0 Å². The molecule has 1 saturated heterocycles. The molecule has 1 atom stereocenters. The third kappa shape index (κ3) is 4.52. The summed E-state index contributed by atoms with van der Waals surface area (Å²) in [6.07, 6.45) is 0. The number of carbonyl (C=O) groups is 3. The fourth-order valence-electron chi connectivity index (χ4n) is 2.96. The maximum absolute atomic E-state index is 12.8. The number of anilines is 2. The van der Waals surface area contributed by atoms with E-state index in [4.69, 9.17) is 0 Å². The highest BCUT2D eigenvalue weighted by Crippen LogP contribution is 2.29. The minimum atomic E-state index is -1.24. The van der Waals surface area contributed by atoms with E-state index in [2.05, 4.69) is 26.3 Å². The van der Waals surface area contributed by atoms with Gasteiger partial charge in [-0.25, -0.2) is 4.79 Å². The van der Waals surface area contributed by atoms with Gasteiger partial charge in [0.15, 0.2) is 4.34 Å². The summed E-state index contributed by atoms with van der Waals surface area (Å²) in [5, 5.41) is 15.2. The molecule has 1 fully saturated rings. The van der Waals surface area contributed by atoms with E-state index in [9.17, 15) is 14.4 Å². The van der Waals surface area contributed by atoms with Crippen molar-refractivity contribution < 1.29 is 14.4 Å². The van der Waals surface area contributed by atoms with Crippen molar-refractivity contribution in [1.82, 2.24) is 25.9 Å². The van der Waals surface area contributed by atoms with Crippen molar-refractivity contribution >= 4 is 51.8 Å². The standard InChI is InChI=1S/C20H18N6O3S2/c1-20(13-8-4-2-5-9-13)16(28)26(18(29)22-20)25-15(27)12-30-19-24-23-17(31-19)21-14-10-6-3-7-11-14/h2-11H,12H2,1H3,(H,21,23)(H,22,29)(H,25,27)/t20-/m0/s1. The zero-order valence-electron chi connectivity index (χ0n) is 16.4. The highest BCUT2D eigenvalue weighted by atomic mass is 32.2. The molecule has 1 aliphatic heterocycles. The van der Waals surface area contributed by atoms with Gasteiger partial charge in [0.25, 0.3) is 5.91 Å². The van der Waals surface area contributed by atoms with Crippen LogP contribution in [-0.4, -0.2) is 38.8 Å². The first-order chi connectivity index (χ1) is 15.0. The molecule has 0 radical (unpaired) electrons. The fraction of sp³-hybridized carbons (Fsp3) is 0.150. The van der Waals surface area contributed by atoms with Gasteiger partial charge in [0.2, 0.25) is 11.0 Å². The van der Waals surface area contributed by atoms with Crippen molar-refractivity contribution in [3.05, 3.63) is 66.2 Å². The number of hydrogen-bond acceptors (Lipinski definition) is 8. The molecule has 4 amide bonds. The van der Waals surface area contributed by atoms with Crippen LogP contribution in [0.3, 0.4) is 0 Å². The monoisotopic (exact) mass is 454 g/mol. The quantitative estimate of drug-likeness (QED) is 0.371. The van der Waals surface area contributed by atoms with Crippen LogP contribution in [0.25, 0.3) is 0 Å². The van der Waals surface area contributed by atoms with Gasteiger partial charge in [-0.15, -0.1) is 10.2 Å². The molecule has 158 valence electrons. The minimum Gasteiger partial charge on any atom is -0.330 e. The van der Waals surface area contributed by atoms with E-state index in [1.54, 1.807) is 31.2 Å². The molecule has 31 heavy (non-hydrogen) atoms. The zero-order valence-corrected chi connectivity index (χ0v) is 18.0. The molecule has 0 spiro atoms. The summed E-state index contributed by atoms with van der Waals surface area (Å²) in [5.41, 5.74) is 2.65. The topological polar surface area (TPSA) is 116 Å². The Labute approximate surface area is 186 Å². The van der Waals surface area contributed by atoms with E-state index < -0.39 is 23.4 Å². The van der Waals surface area contributed by atoms with Gasteiger partial charge in [0, 0.05) is 5.69 Å². The van der Waals surface area contributed by atoms with E-state index >= 15 is 0 Å². The van der Waals surface area contributed by atoms with Gasteiger partial charge in [-0.3, -0.25) is 15.0 Å². The van der Waals surface area contributed by atoms with Crippen LogP contribution in [0.15, 0.2) is 65.0 Å². The summed E-state index contributed by atoms with van der Waals surface area (Å²) >= 11 is 2.47. The first-order valence-electron chi connectivity index (χ1n) is 9.26. The molecular formula is C20H18N6O3S2. The zero-order chi connectivity index (χ0) is 21.8. The Hall–Kier alpha value is -3.44.